The van der Waals surface area contributed by atoms with Crippen molar-refractivity contribution in [3.63, 3.8) is 0 Å². The van der Waals surface area contributed by atoms with Gasteiger partial charge in [0.15, 0.2) is 0 Å². The van der Waals surface area contributed by atoms with Crippen LogP contribution in [-0.4, -0.2) is 27.5 Å². The molecular formula is C15H21F2NO3S. The maximum Gasteiger partial charge on any atom is 0.379 e. The third-order valence-corrected chi connectivity index (χ3v) is 4.39. The fourth-order valence-electron chi connectivity index (χ4n) is 1.63. The summed E-state index contributed by atoms with van der Waals surface area (Å²) >= 11 is 0. The highest BCUT2D eigenvalue weighted by molar-refractivity contribution is 7.84. The van der Waals surface area contributed by atoms with Crippen molar-refractivity contribution in [3.05, 3.63) is 35.9 Å². The van der Waals surface area contributed by atoms with Gasteiger partial charge >= 0.3 is 11.9 Å². The zero-order chi connectivity index (χ0) is 17.0. The van der Waals surface area contributed by atoms with E-state index in [4.69, 9.17) is 0 Å². The van der Waals surface area contributed by atoms with Gasteiger partial charge in [0.2, 0.25) is 0 Å². The van der Waals surface area contributed by atoms with E-state index in [0.29, 0.717) is 0 Å². The topological polar surface area (TPSA) is 55.4 Å². The summed E-state index contributed by atoms with van der Waals surface area (Å²) in [6.07, 6.45) is 0. The molecule has 0 aliphatic heterocycles. The van der Waals surface area contributed by atoms with Crippen molar-refractivity contribution in [2.75, 3.05) is 6.61 Å². The Kier molecular flexibility index (Phi) is 6.19. The average molecular weight is 333 g/mol. The number of hydrogen-bond acceptors (Lipinski definition) is 3. The van der Waals surface area contributed by atoms with E-state index < -0.39 is 33.7 Å². The molecule has 0 aliphatic rings. The predicted octanol–water partition coefficient (Wildman–Crippen LogP) is 2.98. The number of carbonyl (C=O) groups is 1. The number of halogens is 2. The van der Waals surface area contributed by atoms with Crippen LogP contribution in [0.3, 0.4) is 0 Å². The minimum Gasteiger partial charge on any atom is -0.462 e. The maximum atomic E-state index is 14.4. The van der Waals surface area contributed by atoms with Crippen molar-refractivity contribution in [2.24, 2.45) is 0 Å². The van der Waals surface area contributed by atoms with Crippen molar-refractivity contribution >= 4 is 17.0 Å². The summed E-state index contributed by atoms with van der Waals surface area (Å²) in [5, 5.41) is 0. The molecule has 2 unspecified atom stereocenters. The molecule has 4 nitrogen and oxygen atoms in total. The Bertz CT molecular complexity index is 529. The van der Waals surface area contributed by atoms with Gasteiger partial charge in [-0.2, -0.15) is 8.78 Å². The molecule has 0 saturated carbocycles. The van der Waals surface area contributed by atoms with E-state index in [2.05, 4.69) is 9.46 Å². The molecule has 2 atom stereocenters. The summed E-state index contributed by atoms with van der Waals surface area (Å²) in [7, 11) is -1.77. The van der Waals surface area contributed by atoms with E-state index in [0.717, 1.165) is 0 Å². The monoisotopic (exact) mass is 333 g/mol. The molecule has 124 valence electrons. The van der Waals surface area contributed by atoms with Crippen molar-refractivity contribution in [1.82, 2.24) is 4.72 Å². The van der Waals surface area contributed by atoms with E-state index in [-0.39, 0.29) is 12.2 Å². The maximum absolute atomic E-state index is 14.4. The highest BCUT2D eigenvalue weighted by Crippen LogP contribution is 2.34. The van der Waals surface area contributed by atoms with Crippen molar-refractivity contribution in [3.8, 4) is 0 Å². The van der Waals surface area contributed by atoms with Gasteiger partial charge in [0.05, 0.1) is 22.3 Å². The van der Waals surface area contributed by atoms with Crippen LogP contribution in [0.2, 0.25) is 0 Å². The number of rotatable bonds is 6. The lowest BCUT2D eigenvalue weighted by molar-refractivity contribution is -0.175. The predicted molar refractivity (Wildman–Crippen MR) is 81.8 cm³/mol. The highest BCUT2D eigenvalue weighted by Gasteiger charge is 2.50. The largest absolute Gasteiger partial charge is 0.462 e. The summed E-state index contributed by atoms with van der Waals surface area (Å²) in [6, 6.07) is 5.99. The first-order chi connectivity index (χ1) is 10.1. The Morgan fingerprint density at radius 1 is 1.27 bits per heavy atom. The Labute approximate surface area is 131 Å². The average Bonchev–Trinajstić information content (AvgIpc) is 2.44. The van der Waals surface area contributed by atoms with Crippen LogP contribution in [0.5, 0.6) is 0 Å². The van der Waals surface area contributed by atoms with Gasteiger partial charge in [0.1, 0.15) is 6.04 Å². The van der Waals surface area contributed by atoms with Crippen LogP contribution in [0.15, 0.2) is 30.3 Å². The fraction of sp³-hybridized carbons (Fsp3) is 0.533. The molecule has 1 N–H and O–H groups in total. The minimum atomic E-state index is -3.84. The molecule has 0 heterocycles. The lowest BCUT2D eigenvalue weighted by Crippen LogP contribution is -2.47. The second kappa shape index (κ2) is 7.28. The molecule has 22 heavy (non-hydrogen) atoms. The Morgan fingerprint density at radius 2 is 1.82 bits per heavy atom. The third-order valence-electron chi connectivity index (χ3n) is 2.82. The SMILES string of the molecule is CCOC(=O)C(F)(F)C(NS(=O)C(C)(C)C)c1ccccc1. The molecule has 0 saturated heterocycles. The standard InChI is InChI=1S/C15H21F2NO3S/c1-5-21-13(19)15(16,17)12(11-9-7-6-8-10-11)18-22(20)14(2,3)4/h6-10,12,18H,5H2,1-4H3. The van der Waals surface area contributed by atoms with E-state index in [1.807, 2.05) is 0 Å². The first-order valence-corrected chi connectivity index (χ1v) is 8.03. The molecule has 0 aromatic heterocycles. The summed E-state index contributed by atoms with van der Waals surface area (Å²) in [5.41, 5.74) is 0.165. The number of esters is 1. The van der Waals surface area contributed by atoms with Gasteiger partial charge in [-0.15, -0.1) is 0 Å². The molecule has 0 radical (unpaired) electrons. The Balaban J connectivity index is 3.18. The van der Waals surface area contributed by atoms with Crippen LogP contribution < -0.4 is 4.72 Å². The van der Waals surface area contributed by atoms with Crippen LogP contribution >= 0.6 is 0 Å². The zero-order valence-electron chi connectivity index (χ0n) is 13.1. The number of hydrogen-bond donors (Lipinski definition) is 1. The van der Waals surface area contributed by atoms with Gasteiger partial charge in [-0.25, -0.2) is 13.7 Å². The molecule has 0 amide bonds. The van der Waals surface area contributed by atoms with E-state index in [1.165, 1.54) is 19.1 Å². The van der Waals surface area contributed by atoms with Gasteiger partial charge in [-0.05, 0) is 33.3 Å². The summed E-state index contributed by atoms with van der Waals surface area (Å²) in [4.78, 5) is 11.6. The Hall–Kier alpha value is -1.34. The lowest BCUT2D eigenvalue weighted by atomic mass is 10.0. The third kappa shape index (κ3) is 4.58. The second-order valence-electron chi connectivity index (χ2n) is 5.69. The van der Waals surface area contributed by atoms with Crippen LogP contribution in [0.1, 0.15) is 39.3 Å². The molecular weight excluding hydrogens is 312 g/mol. The lowest BCUT2D eigenvalue weighted by Gasteiger charge is -2.29. The minimum absolute atomic E-state index is 0.154. The van der Waals surface area contributed by atoms with Crippen LogP contribution in [0, 0.1) is 0 Å². The van der Waals surface area contributed by atoms with Gasteiger partial charge in [0, 0.05) is 0 Å². The number of ether oxygens (including phenoxy) is 1. The molecule has 0 bridgehead atoms. The van der Waals surface area contributed by atoms with Gasteiger partial charge < -0.3 is 4.74 Å². The van der Waals surface area contributed by atoms with E-state index >= 15 is 0 Å². The number of carbonyl (C=O) groups excluding carboxylic acids is 1. The van der Waals surface area contributed by atoms with Gasteiger partial charge in [-0.1, -0.05) is 30.3 Å². The van der Waals surface area contributed by atoms with E-state index in [1.54, 1.807) is 39.0 Å². The number of benzene rings is 1. The zero-order valence-corrected chi connectivity index (χ0v) is 13.9. The summed E-state index contributed by atoms with van der Waals surface area (Å²) in [5.74, 6) is -5.47. The van der Waals surface area contributed by atoms with Gasteiger partial charge in [0.25, 0.3) is 0 Å². The number of nitrogens with one attached hydrogen (secondary N) is 1. The highest BCUT2D eigenvalue weighted by atomic mass is 32.2. The first-order valence-electron chi connectivity index (χ1n) is 6.88. The van der Waals surface area contributed by atoms with E-state index in [9.17, 15) is 17.8 Å². The van der Waals surface area contributed by atoms with Crippen molar-refractivity contribution < 1.29 is 22.5 Å². The smallest absolute Gasteiger partial charge is 0.379 e. The summed E-state index contributed by atoms with van der Waals surface area (Å²) in [6.45, 7) is 6.26. The molecule has 0 spiro atoms. The van der Waals surface area contributed by atoms with Crippen LogP contribution in [0.4, 0.5) is 8.78 Å². The van der Waals surface area contributed by atoms with Crippen LogP contribution in [-0.2, 0) is 20.5 Å². The number of alkyl halides is 2. The second-order valence-corrected chi connectivity index (χ2v) is 7.68. The molecule has 1 rings (SSSR count). The fourth-order valence-corrected chi connectivity index (χ4v) is 2.48. The normalized spacial score (nSPS) is 15.2. The molecule has 7 heteroatoms. The van der Waals surface area contributed by atoms with Crippen molar-refractivity contribution in [2.45, 2.75) is 44.4 Å². The Morgan fingerprint density at radius 3 is 2.27 bits per heavy atom. The first kappa shape index (κ1) is 18.7. The molecule has 1 aromatic rings. The van der Waals surface area contributed by atoms with Crippen molar-refractivity contribution in [1.29, 1.82) is 0 Å². The van der Waals surface area contributed by atoms with Crippen LogP contribution in [0.25, 0.3) is 0 Å². The molecule has 0 fully saturated rings. The summed E-state index contributed by atoms with van der Waals surface area (Å²) < 4.78 is 47.1. The molecule has 0 aliphatic carbocycles. The quantitative estimate of drug-likeness (QED) is 0.814. The molecule has 1 aromatic carbocycles. The van der Waals surface area contributed by atoms with Gasteiger partial charge in [-0.3, -0.25) is 0 Å².